The zero-order chi connectivity index (χ0) is 14.8. The predicted molar refractivity (Wildman–Crippen MR) is 88.6 cm³/mol. The lowest BCUT2D eigenvalue weighted by molar-refractivity contribution is 0.305. The molecular formula is C18H31NO. The molecule has 0 spiro atoms. The first-order chi connectivity index (χ1) is 9.61. The van der Waals surface area contributed by atoms with Gasteiger partial charge in [0.15, 0.2) is 0 Å². The van der Waals surface area contributed by atoms with E-state index in [-0.39, 0.29) is 0 Å². The highest BCUT2D eigenvalue weighted by atomic mass is 16.5. The van der Waals surface area contributed by atoms with Gasteiger partial charge in [-0.2, -0.15) is 0 Å². The zero-order valence-electron chi connectivity index (χ0n) is 13.6. The third kappa shape index (κ3) is 7.42. The molecule has 1 aromatic carbocycles. The average Bonchev–Trinajstić information content (AvgIpc) is 2.39. The molecule has 0 amide bonds. The summed E-state index contributed by atoms with van der Waals surface area (Å²) >= 11 is 0. The van der Waals surface area contributed by atoms with Gasteiger partial charge in [0.25, 0.3) is 0 Å². The minimum Gasteiger partial charge on any atom is -0.494 e. The Morgan fingerprint density at radius 2 is 1.70 bits per heavy atom. The minimum absolute atomic E-state index is 0.510. The maximum absolute atomic E-state index is 5.75. The van der Waals surface area contributed by atoms with E-state index in [0.29, 0.717) is 6.04 Å². The Kier molecular flexibility index (Phi) is 8.17. The van der Waals surface area contributed by atoms with Crippen molar-refractivity contribution in [3.8, 4) is 5.75 Å². The molecule has 0 saturated carbocycles. The molecule has 114 valence electrons. The highest BCUT2D eigenvalue weighted by Crippen LogP contribution is 2.18. The molecule has 1 unspecified atom stereocenters. The summed E-state index contributed by atoms with van der Waals surface area (Å²) in [6.07, 6.45) is 6.19. The van der Waals surface area contributed by atoms with Gasteiger partial charge >= 0.3 is 0 Å². The molecule has 0 saturated heterocycles. The van der Waals surface area contributed by atoms with Crippen molar-refractivity contribution in [2.24, 2.45) is 5.92 Å². The summed E-state index contributed by atoms with van der Waals surface area (Å²) in [4.78, 5) is 0. The van der Waals surface area contributed by atoms with Crippen molar-refractivity contribution < 1.29 is 4.74 Å². The van der Waals surface area contributed by atoms with Gasteiger partial charge in [-0.25, -0.2) is 0 Å². The lowest BCUT2D eigenvalue weighted by atomic mass is 10.1. The van der Waals surface area contributed by atoms with Crippen molar-refractivity contribution in [3.63, 3.8) is 0 Å². The maximum atomic E-state index is 5.75. The van der Waals surface area contributed by atoms with E-state index in [9.17, 15) is 0 Å². The molecule has 1 atom stereocenters. The fraction of sp³-hybridized carbons (Fsp3) is 0.667. The summed E-state index contributed by atoms with van der Waals surface area (Å²) in [5.74, 6) is 1.70. The molecule has 0 aliphatic rings. The molecule has 20 heavy (non-hydrogen) atoms. The summed E-state index contributed by atoms with van der Waals surface area (Å²) < 4.78 is 5.75. The number of hydrogen-bond acceptors (Lipinski definition) is 2. The number of hydrogen-bond donors (Lipinski definition) is 1. The largest absolute Gasteiger partial charge is 0.494 e. The van der Waals surface area contributed by atoms with E-state index in [1.54, 1.807) is 0 Å². The van der Waals surface area contributed by atoms with Crippen molar-refractivity contribution in [2.75, 3.05) is 11.9 Å². The highest BCUT2D eigenvalue weighted by molar-refractivity contribution is 5.46. The summed E-state index contributed by atoms with van der Waals surface area (Å²) in [5, 5.41) is 3.53. The number of anilines is 1. The van der Waals surface area contributed by atoms with Crippen molar-refractivity contribution in [3.05, 3.63) is 24.3 Å². The highest BCUT2D eigenvalue weighted by Gasteiger charge is 2.04. The average molecular weight is 277 g/mol. The van der Waals surface area contributed by atoms with Crippen LogP contribution in [-0.2, 0) is 0 Å². The fourth-order valence-corrected chi connectivity index (χ4v) is 2.42. The SMILES string of the molecule is CCCCCCOc1ccc(NC(C)CC(C)C)cc1. The molecule has 1 N–H and O–H groups in total. The van der Waals surface area contributed by atoms with Crippen molar-refractivity contribution in [1.29, 1.82) is 0 Å². The number of rotatable bonds is 10. The summed E-state index contributed by atoms with van der Waals surface area (Å²) in [5.41, 5.74) is 1.18. The van der Waals surface area contributed by atoms with Crippen LogP contribution in [0.2, 0.25) is 0 Å². The number of unbranched alkanes of at least 4 members (excludes halogenated alkanes) is 3. The molecular weight excluding hydrogens is 246 g/mol. The Bertz CT molecular complexity index is 345. The van der Waals surface area contributed by atoms with E-state index in [2.05, 4.69) is 57.3 Å². The molecule has 0 heterocycles. The van der Waals surface area contributed by atoms with Crippen LogP contribution in [0.4, 0.5) is 5.69 Å². The van der Waals surface area contributed by atoms with Crippen molar-refractivity contribution >= 4 is 5.69 Å². The molecule has 0 aliphatic heterocycles. The van der Waals surface area contributed by atoms with Gasteiger partial charge in [0.2, 0.25) is 0 Å². The van der Waals surface area contributed by atoms with Gasteiger partial charge in [0.05, 0.1) is 6.61 Å². The van der Waals surface area contributed by atoms with E-state index in [4.69, 9.17) is 4.74 Å². The Morgan fingerprint density at radius 3 is 2.30 bits per heavy atom. The molecule has 1 aromatic rings. The van der Waals surface area contributed by atoms with E-state index in [1.807, 2.05) is 0 Å². The molecule has 0 fully saturated rings. The Hall–Kier alpha value is -1.18. The van der Waals surface area contributed by atoms with Crippen LogP contribution in [0.1, 0.15) is 59.8 Å². The number of nitrogens with one attached hydrogen (secondary N) is 1. The van der Waals surface area contributed by atoms with Gasteiger partial charge in [0, 0.05) is 11.7 Å². The van der Waals surface area contributed by atoms with Crippen LogP contribution in [0.3, 0.4) is 0 Å². The quantitative estimate of drug-likeness (QED) is 0.571. The van der Waals surface area contributed by atoms with E-state index in [1.165, 1.54) is 31.4 Å². The van der Waals surface area contributed by atoms with Crippen molar-refractivity contribution in [1.82, 2.24) is 0 Å². The van der Waals surface area contributed by atoms with Gasteiger partial charge in [-0.05, 0) is 49.9 Å². The van der Waals surface area contributed by atoms with Gasteiger partial charge in [-0.15, -0.1) is 0 Å². The third-order valence-corrected chi connectivity index (χ3v) is 3.36. The van der Waals surface area contributed by atoms with E-state index >= 15 is 0 Å². The van der Waals surface area contributed by atoms with Crippen molar-refractivity contribution in [2.45, 2.75) is 65.8 Å². The Labute approximate surface area is 124 Å². The fourth-order valence-electron chi connectivity index (χ4n) is 2.42. The molecule has 0 aromatic heterocycles. The van der Waals surface area contributed by atoms with Crippen LogP contribution in [0.5, 0.6) is 5.75 Å². The summed E-state index contributed by atoms with van der Waals surface area (Å²) in [6.45, 7) is 9.81. The van der Waals surface area contributed by atoms with Gasteiger partial charge < -0.3 is 10.1 Å². The molecule has 0 aliphatic carbocycles. The van der Waals surface area contributed by atoms with Gasteiger partial charge in [-0.1, -0.05) is 40.0 Å². The van der Waals surface area contributed by atoms with Crippen LogP contribution in [0.25, 0.3) is 0 Å². The first kappa shape index (κ1) is 16.9. The third-order valence-electron chi connectivity index (χ3n) is 3.36. The summed E-state index contributed by atoms with van der Waals surface area (Å²) in [7, 11) is 0. The monoisotopic (exact) mass is 277 g/mol. The van der Waals surface area contributed by atoms with Gasteiger partial charge in [-0.3, -0.25) is 0 Å². The Balaban J connectivity index is 2.29. The predicted octanol–water partition coefficient (Wildman–Crippen LogP) is 5.49. The number of benzene rings is 1. The van der Waals surface area contributed by atoms with E-state index < -0.39 is 0 Å². The topological polar surface area (TPSA) is 21.3 Å². The second-order valence-corrected chi connectivity index (χ2v) is 6.11. The maximum Gasteiger partial charge on any atom is 0.119 e. The first-order valence-corrected chi connectivity index (χ1v) is 8.11. The van der Waals surface area contributed by atoms with Crippen LogP contribution >= 0.6 is 0 Å². The molecule has 1 rings (SSSR count). The Morgan fingerprint density at radius 1 is 1.00 bits per heavy atom. The van der Waals surface area contributed by atoms with Crippen LogP contribution in [0.15, 0.2) is 24.3 Å². The molecule has 2 heteroatoms. The number of ether oxygens (including phenoxy) is 1. The minimum atomic E-state index is 0.510. The smallest absolute Gasteiger partial charge is 0.119 e. The zero-order valence-corrected chi connectivity index (χ0v) is 13.6. The van der Waals surface area contributed by atoms with Crippen LogP contribution < -0.4 is 10.1 Å². The van der Waals surface area contributed by atoms with Crippen LogP contribution in [0, 0.1) is 5.92 Å². The molecule has 0 radical (unpaired) electrons. The standard InChI is InChI=1S/C18H31NO/c1-5-6-7-8-13-20-18-11-9-17(10-12-18)19-16(4)14-15(2)3/h9-12,15-16,19H,5-8,13-14H2,1-4H3. The second-order valence-electron chi connectivity index (χ2n) is 6.11. The lowest BCUT2D eigenvalue weighted by Crippen LogP contribution is -2.17. The van der Waals surface area contributed by atoms with Gasteiger partial charge in [0.1, 0.15) is 5.75 Å². The first-order valence-electron chi connectivity index (χ1n) is 8.11. The molecule has 0 bridgehead atoms. The molecule has 2 nitrogen and oxygen atoms in total. The van der Waals surface area contributed by atoms with E-state index in [0.717, 1.165) is 24.7 Å². The normalized spacial score (nSPS) is 12.4. The summed E-state index contributed by atoms with van der Waals surface area (Å²) in [6, 6.07) is 8.85. The second kappa shape index (κ2) is 9.68. The lowest BCUT2D eigenvalue weighted by Gasteiger charge is -2.17. The van der Waals surface area contributed by atoms with Crippen LogP contribution in [-0.4, -0.2) is 12.6 Å².